The summed E-state index contributed by atoms with van der Waals surface area (Å²) < 4.78 is 24.0. The molecule has 0 heterocycles. The maximum absolute atomic E-state index is 13.6. The fraction of sp³-hybridized carbons (Fsp3) is 0.200. The molecule has 0 aromatic heterocycles. The largest absolute Gasteiger partial charge is 0.494 e. The van der Waals surface area contributed by atoms with Gasteiger partial charge in [-0.2, -0.15) is 0 Å². The van der Waals surface area contributed by atoms with Crippen molar-refractivity contribution in [2.45, 2.75) is 6.04 Å². The van der Waals surface area contributed by atoms with Crippen molar-refractivity contribution in [2.24, 2.45) is 5.73 Å². The van der Waals surface area contributed by atoms with Gasteiger partial charge in [-0.05, 0) is 29.8 Å². The fourth-order valence-corrected chi connectivity index (χ4v) is 1.94. The van der Waals surface area contributed by atoms with E-state index in [1.54, 1.807) is 24.3 Å². The van der Waals surface area contributed by atoms with Gasteiger partial charge in [0, 0.05) is 0 Å². The second kappa shape index (κ2) is 6.59. The van der Waals surface area contributed by atoms with Crippen molar-refractivity contribution in [2.75, 3.05) is 13.7 Å². The van der Waals surface area contributed by atoms with Crippen molar-refractivity contribution in [3.8, 4) is 11.5 Å². The Labute approximate surface area is 122 Å². The Kier molecular flexibility index (Phi) is 4.82. The third-order valence-corrected chi connectivity index (χ3v) is 3.17. The van der Waals surface area contributed by atoms with Crippen molar-refractivity contribution in [3.63, 3.8) is 0 Å². The molecule has 20 heavy (non-hydrogen) atoms. The number of halogens is 2. The molecule has 106 valence electrons. The van der Waals surface area contributed by atoms with E-state index in [2.05, 4.69) is 0 Å². The van der Waals surface area contributed by atoms with Gasteiger partial charge in [-0.15, -0.1) is 0 Å². The molecule has 1 atom stereocenters. The van der Waals surface area contributed by atoms with E-state index >= 15 is 0 Å². The molecule has 3 nitrogen and oxygen atoms in total. The second-order valence-corrected chi connectivity index (χ2v) is 4.65. The molecule has 1 unspecified atom stereocenters. The van der Waals surface area contributed by atoms with Crippen molar-refractivity contribution in [1.29, 1.82) is 0 Å². The van der Waals surface area contributed by atoms with Gasteiger partial charge in [-0.3, -0.25) is 0 Å². The molecule has 2 rings (SSSR count). The van der Waals surface area contributed by atoms with E-state index in [-0.39, 0.29) is 12.4 Å². The molecule has 5 heteroatoms. The summed E-state index contributed by atoms with van der Waals surface area (Å²) in [7, 11) is 1.42. The normalized spacial score (nSPS) is 12.0. The number of benzene rings is 2. The number of nitrogens with two attached hydrogens (primary N) is 1. The van der Waals surface area contributed by atoms with E-state index in [1.807, 2.05) is 12.1 Å². The Balaban J connectivity index is 2.03. The van der Waals surface area contributed by atoms with Gasteiger partial charge in [-0.1, -0.05) is 29.8 Å². The molecule has 0 spiro atoms. The van der Waals surface area contributed by atoms with Crippen LogP contribution < -0.4 is 15.2 Å². The average molecular weight is 296 g/mol. The highest BCUT2D eigenvalue weighted by molar-refractivity contribution is 6.32. The first-order valence-electron chi connectivity index (χ1n) is 6.08. The Morgan fingerprint density at radius 2 is 1.95 bits per heavy atom. The molecule has 0 aliphatic carbocycles. The number of rotatable bonds is 5. The standard InChI is InChI=1S/C15H15ClFNO2/c1-19-15-7-6-10(8-12(15)17)13(18)9-20-14-5-3-2-4-11(14)16/h2-8,13H,9,18H2,1H3. The molecule has 0 saturated heterocycles. The third-order valence-electron chi connectivity index (χ3n) is 2.86. The molecule has 0 radical (unpaired) electrons. The molecule has 0 aliphatic heterocycles. The quantitative estimate of drug-likeness (QED) is 0.917. The molecule has 2 aromatic rings. The van der Waals surface area contributed by atoms with E-state index in [9.17, 15) is 4.39 Å². The molecular weight excluding hydrogens is 281 g/mol. The minimum absolute atomic E-state index is 0.188. The molecule has 0 saturated carbocycles. The lowest BCUT2D eigenvalue weighted by Gasteiger charge is -2.15. The maximum atomic E-state index is 13.6. The van der Waals surface area contributed by atoms with Crippen LogP contribution in [0.15, 0.2) is 42.5 Å². The van der Waals surface area contributed by atoms with Crippen LogP contribution >= 0.6 is 11.6 Å². The summed E-state index contributed by atoms with van der Waals surface area (Å²) in [5, 5.41) is 0.514. The SMILES string of the molecule is COc1ccc(C(N)COc2ccccc2Cl)cc1F. The first-order valence-corrected chi connectivity index (χ1v) is 6.46. The monoisotopic (exact) mass is 295 g/mol. The Morgan fingerprint density at radius 3 is 2.60 bits per heavy atom. The highest BCUT2D eigenvalue weighted by Crippen LogP contribution is 2.25. The van der Waals surface area contributed by atoms with E-state index < -0.39 is 11.9 Å². The second-order valence-electron chi connectivity index (χ2n) is 4.24. The summed E-state index contributed by atoms with van der Waals surface area (Å²) in [6.07, 6.45) is 0. The Morgan fingerprint density at radius 1 is 1.20 bits per heavy atom. The average Bonchev–Trinajstić information content (AvgIpc) is 2.46. The minimum Gasteiger partial charge on any atom is -0.494 e. The van der Waals surface area contributed by atoms with Crippen molar-refractivity contribution < 1.29 is 13.9 Å². The van der Waals surface area contributed by atoms with Crippen LogP contribution in [0.25, 0.3) is 0 Å². The molecule has 0 fully saturated rings. The predicted molar refractivity (Wildman–Crippen MR) is 76.8 cm³/mol. The van der Waals surface area contributed by atoms with Gasteiger partial charge in [0.25, 0.3) is 0 Å². The van der Waals surface area contributed by atoms with E-state index in [1.165, 1.54) is 13.2 Å². The Bertz CT molecular complexity index is 592. The molecular formula is C15H15ClFNO2. The van der Waals surface area contributed by atoms with E-state index in [4.69, 9.17) is 26.8 Å². The lowest BCUT2D eigenvalue weighted by atomic mass is 10.1. The number of ether oxygens (including phenoxy) is 2. The van der Waals surface area contributed by atoms with Crippen molar-refractivity contribution in [1.82, 2.24) is 0 Å². The molecule has 2 aromatic carbocycles. The van der Waals surface area contributed by atoms with E-state index in [0.717, 1.165) is 0 Å². The van der Waals surface area contributed by atoms with Crippen LogP contribution in [0, 0.1) is 5.82 Å². The molecule has 0 amide bonds. The fourth-order valence-electron chi connectivity index (χ4n) is 1.75. The minimum atomic E-state index is -0.452. The number of para-hydroxylation sites is 1. The highest BCUT2D eigenvalue weighted by Gasteiger charge is 2.11. The summed E-state index contributed by atoms with van der Waals surface area (Å²) in [6.45, 7) is 0.204. The molecule has 2 N–H and O–H groups in total. The van der Waals surface area contributed by atoms with Crippen LogP contribution in [0.1, 0.15) is 11.6 Å². The summed E-state index contributed by atoms with van der Waals surface area (Å²) in [5.41, 5.74) is 6.61. The van der Waals surface area contributed by atoms with Gasteiger partial charge in [0.15, 0.2) is 11.6 Å². The zero-order valence-electron chi connectivity index (χ0n) is 11.0. The topological polar surface area (TPSA) is 44.5 Å². The van der Waals surface area contributed by atoms with Crippen LogP contribution in [-0.2, 0) is 0 Å². The van der Waals surface area contributed by atoms with Crippen molar-refractivity contribution in [3.05, 3.63) is 58.9 Å². The molecule has 0 aliphatic rings. The van der Waals surface area contributed by atoms with Gasteiger partial charge in [0.2, 0.25) is 0 Å². The third kappa shape index (κ3) is 3.40. The summed E-state index contributed by atoms with van der Waals surface area (Å²) >= 11 is 5.98. The van der Waals surface area contributed by atoms with Gasteiger partial charge < -0.3 is 15.2 Å². The summed E-state index contributed by atoms with van der Waals surface area (Å²) in [4.78, 5) is 0. The lowest BCUT2D eigenvalue weighted by molar-refractivity contribution is 0.290. The number of methoxy groups -OCH3 is 1. The maximum Gasteiger partial charge on any atom is 0.165 e. The first kappa shape index (κ1) is 14.6. The van der Waals surface area contributed by atoms with Crippen LogP contribution in [0.3, 0.4) is 0 Å². The van der Waals surface area contributed by atoms with Gasteiger partial charge in [-0.25, -0.2) is 4.39 Å². The lowest BCUT2D eigenvalue weighted by Crippen LogP contribution is -2.19. The van der Waals surface area contributed by atoms with Crippen LogP contribution in [-0.4, -0.2) is 13.7 Å². The van der Waals surface area contributed by atoms with Crippen LogP contribution in [0.4, 0.5) is 4.39 Å². The summed E-state index contributed by atoms with van der Waals surface area (Å²) in [6, 6.07) is 11.3. The van der Waals surface area contributed by atoms with Crippen molar-refractivity contribution >= 4 is 11.6 Å². The first-order chi connectivity index (χ1) is 9.61. The number of hydrogen-bond acceptors (Lipinski definition) is 3. The Hall–Kier alpha value is -1.78. The van der Waals surface area contributed by atoms with Gasteiger partial charge in [0.05, 0.1) is 18.2 Å². The highest BCUT2D eigenvalue weighted by atomic mass is 35.5. The summed E-state index contributed by atoms with van der Waals surface area (Å²) in [5.74, 6) is 0.296. The smallest absolute Gasteiger partial charge is 0.165 e. The zero-order valence-corrected chi connectivity index (χ0v) is 11.7. The zero-order chi connectivity index (χ0) is 14.5. The molecule has 0 bridgehead atoms. The number of hydrogen-bond donors (Lipinski definition) is 1. The van der Waals surface area contributed by atoms with Crippen LogP contribution in [0.5, 0.6) is 11.5 Å². The van der Waals surface area contributed by atoms with Crippen LogP contribution in [0.2, 0.25) is 5.02 Å². The predicted octanol–water partition coefficient (Wildman–Crippen LogP) is 3.57. The van der Waals surface area contributed by atoms with Gasteiger partial charge >= 0.3 is 0 Å². The van der Waals surface area contributed by atoms with Gasteiger partial charge in [0.1, 0.15) is 12.4 Å². The van der Waals surface area contributed by atoms with E-state index in [0.29, 0.717) is 16.3 Å².